The third kappa shape index (κ3) is 1.09. The van der Waals surface area contributed by atoms with Crippen molar-refractivity contribution in [3.8, 4) is 0 Å². The Balaban J connectivity index is 1.81. The van der Waals surface area contributed by atoms with E-state index in [1.807, 2.05) is 6.33 Å². The molecule has 2 N–H and O–H groups in total. The van der Waals surface area contributed by atoms with Gasteiger partial charge in [-0.15, -0.1) is 10.2 Å². The smallest absolute Gasteiger partial charge is 0.147 e. The van der Waals surface area contributed by atoms with Crippen molar-refractivity contribution < 1.29 is 0 Å². The van der Waals surface area contributed by atoms with Crippen LogP contribution in [0.25, 0.3) is 0 Å². The Morgan fingerprint density at radius 3 is 3.00 bits per heavy atom. The zero-order valence-corrected chi connectivity index (χ0v) is 8.19. The van der Waals surface area contributed by atoms with Crippen molar-refractivity contribution in [2.45, 2.75) is 31.5 Å². The predicted molar refractivity (Wildman–Crippen MR) is 51.5 cm³/mol. The van der Waals surface area contributed by atoms with Gasteiger partial charge in [0.15, 0.2) is 0 Å². The fourth-order valence-electron chi connectivity index (χ4n) is 2.26. The minimum atomic E-state index is 0.303. The molecule has 76 valence electrons. The lowest BCUT2D eigenvalue weighted by Gasteiger charge is -2.33. The van der Waals surface area contributed by atoms with Crippen molar-refractivity contribution in [2.24, 2.45) is 5.73 Å². The maximum absolute atomic E-state index is 5.81. The van der Waals surface area contributed by atoms with Crippen molar-refractivity contribution in [3.05, 3.63) is 12.2 Å². The maximum atomic E-state index is 5.81. The number of hydrogen-bond acceptors (Lipinski definition) is 4. The van der Waals surface area contributed by atoms with E-state index in [1.54, 1.807) is 0 Å². The highest BCUT2D eigenvalue weighted by atomic mass is 15.4. The van der Waals surface area contributed by atoms with Crippen molar-refractivity contribution in [1.82, 2.24) is 19.7 Å². The van der Waals surface area contributed by atoms with E-state index < -0.39 is 0 Å². The zero-order valence-electron chi connectivity index (χ0n) is 8.19. The van der Waals surface area contributed by atoms with Gasteiger partial charge in [0.05, 0.1) is 6.54 Å². The Hall–Kier alpha value is -0.940. The van der Waals surface area contributed by atoms with Gasteiger partial charge in [-0.25, -0.2) is 0 Å². The molecule has 0 spiro atoms. The average molecular weight is 193 g/mol. The molecule has 1 saturated carbocycles. The van der Waals surface area contributed by atoms with Gasteiger partial charge in [0.2, 0.25) is 0 Å². The van der Waals surface area contributed by atoms with Gasteiger partial charge in [0, 0.05) is 25.2 Å². The summed E-state index contributed by atoms with van der Waals surface area (Å²) in [6.07, 6.45) is 4.31. The summed E-state index contributed by atoms with van der Waals surface area (Å²) >= 11 is 0. The third-order valence-electron chi connectivity index (χ3n) is 3.52. The van der Waals surface area contributed by atoms with Gasteiger partial charge < -0.3 is 10.3 Å². The number of nitrogens with zero attached hydrogens (tertiary/aromatic N) is 4. The first-order valence-corrected chi connectivity index (χ1v) is 5.16. The van der Waals surface area contributed by atoms with Crippen LogP contribution in [0.3, 0.4) is 0 Å². The summed E-state index contributed by atoms with van der Waals surface area (Å²) in [5.74, 6) is 1.08. The van der Waals surface area contributed by atoms with Crippen LogP contribution in [0.4, 0.5) is 0 Å². The molecule has 0 aromatic carbocycles. The molecule has 3 rings (SSSR count). The molecule has 5 nitrogen and oxygen atoms in total. The average Bonchev–Trinajstić information content (AvgIpc) is 2.89. The van der Waals surface area contributed by atoms with Crippen LogP contribution in [-0.2, 0) is 13.1 Å². The number of fused-ring (bicyclic) bond motifs is 1. The Bertz CT molecular complexity index is 341. The summed E-state index contributed by atoms with van der Waals surface area (Å²) < 4.78 is 2.13. The SMILES string of the molecule is NCC1(N2CCn3cnnc3C2)CC1. The molecule has 1 aliphatic heterocycles. The lowest BCUT2D eigenvalue weighted by atomic mass is 10.2. The Labute approximate surface area is 82.9 Å². The van der Waals surface area contributed by atoms with Crippen molar-refractivity contribution in [2.75, 3.05) is 13.1 Å². The number of hydrogen-bond donors (Lipinski definition) is 1. The standard InChI is InChI=1S/C9H15N5/c10-6-9(1-2-9)14-4-3-13-7-11-12-8(13)5-14/h7H,1-6,10H2. The van der Waals surface area contributed by atoms with Crippen molar-refractivity contribution in [3.63, 3.8) is 0 Å². The Morgan fingerprint density at radius 1 is 1.43 bits per heavy atom. The number of rotatable bonds is 2. The second-order valence-electron chi connectivity index (χ2n) is 4.29. The quantitative estimate of drug-likeness (QED) is 0.693. The zero-order chi connectivity index (χ0) is 9.60. The molecular formula is C9H15N5. The molecule has 1 aromatic rings. The minimum absolute atomic E-state index is 0.303. The lowest BCUT2D eigenvalue weighted by molar-refractivity contribution is 0.139. The highest BCUT2D eigenvalue weighted by Crippen LogP contribution is 2.41. The monoisotopic (exact) mass is 193 g/mol. The molecule has 0 bridgehead atoms. The van der Waals surface area contributed by atoms with E-state index in [-0.39, 0.29) is 0 Å². The summed E-state index contributed by atoms with van der Waals surface area (Å²) in [7, 11) is 0. The van der Waals surface area contributed by atoms with E-state index in [2.05, 4.69) is 19.7 Å². The molecule has 0 atom stereocenters. The molecule has 0 saturated heterocycles. The molecule has 2 aliphatic rings. The van der Waals surface area contributed by atoms with Gasteiger partial charge in [-0.1, -0.05) is 0 Å². The van der Waals surface area contributed by atoms with Crippen LogP contribution in [0, 0.1) is 0 Å². The van der Waals surface area contributed by atoms with Gasteiger partial charge in [-0.05, 0) is 12.8 Å². The third-order valence-corrected chi connectivity index (χ3v) is 3.52. The molecule has 1 fully saturated rings. The van der Waals surface area contributed by atoms with Gasteiger partial charge in [0.1, 0.15) is 12.2 Å². The van der Waals surface area contributed by atoms with E-state index in [0.717, 1.165) is 32.0 Å². The summed E-state index contributed by atoms with van der Waals surface area (Å²) in [5, 5.41) is 8.03. The van der Waals surface area contributed by atoms with Crippen molar-refractivity contribution in [1.29, 1.82) is 0 Å². The highest BCUT2D eigenvalue weighted by Gasteiger charge is 2.47. The Morgan fingerprint density at radius 2 is 2.29 bits per heavy atom. The van der Waals surface area contributed by atoms with Crippen LogP contribution >= 0.6 is 0 Å². The van der Waals surface area contributed by atoms with E-state index in [9.17, 15) is 0 Å². The number of aromatic nitrogens is 3. The van der Waals surface area contributed by atoms with Crippen LogP contribution in [0.1, 0.15) is 18.7 Å². The van der Waals surface area contributed by atoms with Gasteiger partial charge in [-0.2, -0.15) is 0 Å². The highest BCUT2D eigenvalue weighted by molar-refractivity contribution is 5.07. The van der Waals surface area contributed by atoms with E-state index in [4.69, 9.17) is 5.73 Å². The maximum Gasteiger partial charge on any atom is 0.147 e. The summed E-state index contributed by atoms with van der Waals surface area (Å²) in [4.78, 5) is 2.47. The molecular weight excluding hydrogens is 178 g/mol. The van der Waals surface area contributed by atoms with Gasteiger partial charge in [-0.3, -0.25) is 4.90 Å². The first-order valence-electron chi connectivity index (χ1n) is 5.16. The topological polar surface area (TPSA) is 60.0 Å². The van der Waals surface area contributed by atoms with Crippen LogP contribution in [0.2, 0.25) is 0 Å². The largest absolute Gasteiger partial charge is 0.329 e. The normalized spacial score (nSPS) is 24.6. The first kappa shape index (κ1) is 8.38. The first-order chi connectivity index (χ1) is 6.84. The minimum Gasteiger partial charge on any atom is -0.329 e. The van der Waals surface area contributed by atoms with Gasteiger partial charge in [0.25, 0.3) is 0 Å². The molecule has 5 heteroatoms. The van der Waals surface area contributed by atoms with Crippen LogP contribution < -0.4 is 5.73 Å². The van der Waals surface area contributed by atoms with Crippen LogP contribution in [-0.4, -0.2) is 38.3 Å². The summed E-state index contributed by atoms with van der Waals surface area (Å²) in [5.41, 5.74) is 6.11. The second-order valence-corrected chi connectivity index (χ2v) is 4.29. The number of nitrogens with two attached hydrogens (primary N) is 1. The summed E-state index contributed by atoms with van der Waals surface area (Å²) in [6.45, 7) is 3.78. The Kier molecular flexibility index (Phi) is 1.66. The molecule has 0 radical (unpaired) electrons. The van der Waals surface area contributed by atoms with E-state index in [1.165, 1.54) is 12.8 Å². The molecule has 1 aromatic heterocycles. The van der Waals surface area contributed by atoms with E-state index >= 15 is 0 Å². The van der Waals surface area contributed by atoms with Crippen molar-refractivity contribution >= 4 is 0 Å². The molecule has 0 unspecified atom stereocenters. The second kappa shape index (κ2) is 2.77. The predicted octanol–water partition coefficient (Wildman–Crippen LogP) is -0.415. The molecule has 0 amide bonds. The fraction of sp³-hybridized carbons (Fsp3) is 0.778. The van der Waals surface area contributed by atoms with E-state index in [0.29, 0.717) is 5.54 Å². The molecule has 2 heterocycles. The molecule has 14 heavy (non-hydrogen) atoms. The van der Waals surface area contributed by atoms with Gasteiger partial charge >= 0.3 is 0 Å². The van der Waals surface area contributed by atoms with Crippen LogP contribution in [0.15, 0.2) is 6.33 Å². The molecule has 1 aliphatic carbocycles. The fourth-order valence-corrected chi connectivity index (χ4v) is 2.26. The summed E-state index contributed by atoms with van der Waals surface area (Å²) in [6, 6.07) is 0. The lowest BCUT2D eigenvalue weighted by Crippen LogP contribution is -2.46. The van der Waals surface area contributed by atoms with Crippen LogP contribution in [0.5, 0.6) is 0 Å².